The van der Waals surface area contributed by atoms with Gasteiger partial charge < -0.3 is 19.9 Å². The molecule has 0 fully saturated rings. The van der Waals surface area contributed by atoms with Crippen molar-refractivity contribution in [1.29, 1.82) is 0 Å². The number of carbonyl (C=O) groups excluding carboxylic acids is 2. The van der Waals surface area contributed by atoms with Gasteiger partial charge in [0.2, 0.25) is 5.91 Å². The molecule has 0 saturated heterocycles. The first-order valence-corrected chi connectivity index (χ1v) is 12.5. The van der Waals surface area contributed by atoms with Crippen LogP contribution in [0.2, 0.25) is 0 Å². The van der Waals surface area contributed by atoms with Crippen molar-refractivity contribution in [3.63, 3.8) is 0 Å². The molecule has 7 heteroatoms. The van der Waals surface area contributed by atoms with E-state index in [1.807, 2.05) is 42.2 Å². The number of urea groups is 1. The molecule has 0 saturated carbocycles. The molecule has 3 rings (SSSR count). The summed E-state index contributed by atoms with van der Waals surface area (Å²) in [5.74, 6) is 1.09. The maximum atomic E-state index is 13.5. The number of para-hydroxylation sites is 1. The van der Waals surface area contributed by atoms with Gasteiger partial charge in [0.25, 0.3) is 0 Å². The molecule has 6 nitrogen and oxygen atoms in total. The molecule has 174 valence electrons. The first kappa shape index (κ1) is 24.1. The topological polar surface area (TPSA) is 61.9 Å². The van der Waals surface area contributed by atoms with Crippen molar-refractivity contribution in [3.8, 4) is 5.75 Å². The van der Waals surface area contributed by atoms with Crippen LogP contribution in [0.5, 0.6) is 5.75 Å². The van der Waals surface area contributed by atoms with E-state index in [1.165, 1.54) is 4.88 Å². The second-order valence-corrected chi connectivity index (χ2v) is 9.40. The number of amides is 3. The van der Waals surface area contributed by atoms with Gasteiger partial charge in [-0.25, -0.2) is 4.79 Å². The minimum atomic E-state index is -0.161. The van der Waals surface area contributed by atoms with Crippen molar-refractivity contribution >= 4 is 23.3 Å². The van der Waals surface area contributed by atoms with Crippen molar-refractivity contribution in [1.82, 2.24) is 15.1 Å². The molecule has 1 N–H and O–H groups in total. The third-order valence-corrected chi connectivity index (χ3v) is 6.93. The van der Waals surface area contributed by atoms with Crippen LogP contribution in [-0.2, 0) is 11.2 Å². The Morgan fingerprint density at radius 2 is 2.03 bits per heavy atom. The molecule has 0 radical (unpaired) electrons. The lowest BCUT2D eigenvalue weighted by atomic mass is 10.00. The molecular formula is C25H35N3O3S. The number of benzene rings is 1. The normalized spacial score (nSPS) is 16.2. The number of thiophene rings is 1. The zero-order valence-electron chi connectivity index (χ0n) is 19.4. The minimum Gasteiger partial charge on any atom is -0.491 e. The standard InChI is InChI=1S/C25H35N3O3S/c1-4-13-26-25(30)27(16-19(3)5-2)17-24(29)28-14-11-23-21(12-15-32-23)22(28)18-31-20-9-7-6-8-10-20/h6-10,12,15,19,22H,4-5,11,13-14,16-18H2,1-3H3,(H,26,30)/t19-,22+/m0/s1. The van der Waals surface area contributed by atoms with Crippen LogP contribution in [0.25, 0.3) is 0 Å². The number of hydrogen-bond acceptors (Lipinski definition) is 4. The Labute approximate surface area is 195 Å². The van der Waals surface area contributed by atoms with Gasteiger partial charge in [0.05, 0.1) is 6.04 Å². The molecule has 0 bridgehead atoms. The van der Waals surface area contributed by atoms with Gasteiger partial charge in [0.15, 0.2) is 0 Å². The third-order valence-electron chi connectivity index (χ3n) is 5.93. The average molecular weight is 458 g/mol. The van der Waals surface area contributed by atoms with Gasteiger partial charge >= 0.3 is 6.03 Å². The molecule has 1 aromatic heterocycles. The number of ether oxygens (including phenoxy) is 1. The number of nitrogens with one attached hydrogen (secondary N) is 1. The van der Waals surface area contributed by atoms with E-state index < -0.39 is 0 Å². The molecule has 0 unspecified atom stereocenters. The summed E-state index contributed by atoms with van der Waals surface area (Å²) in [7, 11) is 0. The van der Waals surface area contributed by atoms with E-state index >= 15 is 0 Å². The minimum absolute atomic E-state index is 0.0292. The lowest BCUT2D eigenvalue weighted by Gasteiger charge is -2.37. The maximum absolute atomic E-state index is 13.5. The molecule has 1 aromatic carbocycles. The summed E-state index contributed by atoms with van der Waals surface area (Å²) in [6.07, 6.45) is 2.66. The Morgan fingerprint density at radius 3 is 2.75 bits per heavy atom. The predicted octanol–water partition coefficient (Wildman–Crippen LogP) is 4.72. The molecule has 0 spiro atoms. The van der Waals surface area contributed by atoms with Crippen LogP contribution in [0, 0.1) is 5.92 Å². The Kier molecular flexibility index (Phi) is 8.97. The fraction of sp³-hybridized carbons (Fsp3) is 0.520. The van der Waals surface area contributed by atoms with Crippen molar-refractivity contribution < 1.29 is 14.3 Å². The van der Waals surface area contributed by atoms with Crippen LogP contribution >= 0.6 is 11.3 Å². The maximum Gasteiger partial charge on any atom is 0.317 e. The van der Waals surface area contributed by atoms with Gasteiger partial charge in [0.1, 0.15) is 18.9 Å². The molecule has 2 aromatic rings. The van der Waals surface area contributed by atoms with Gasteiger partial charge in [-0.2, -0.15) is 0 Å². The smallest absolute Gasteiger partial charge is 0.317 e. The molecule has 2 heterocycles. The summed E-state index contributed by atoms with van der Waals surface area (Å²) in [4.78, 5) is 31.1. The molecular weight excluding hydrogens is 422 g/mol. The highest BCUT2D eigenvalue weighted by Gasteiger charge is 2.33. The van der Waals surface area contributed by atoms with E-state index in [-0.39, 0.29) is 24.5 Å². The average Bonchev–Trinajstić information content (AvgIpc) is 3.30. The molecule has 32 heavy (non-hydrogen) atoms. The first-order chi connectivity index (χ1) is 15.5. The van der Waals surface area contributed by atoms with E-state index in [0.29, 0.717) is 32.2 Å². The van der Waals surface area contributed by atoms with Crippen LogP contribution in [-0.4, -0.2) is 54.5 Å². The molecule has 1 aliphatic heterocycles. The lowest BCUT2D eigenvalue weighted by Crippen LogP contribution is -2.50. The fourth-order valence-corrected chi connectivity index (χ4v) is 4.82. The molecule has 2 atom stereocenters. The van der Waals surface area contributed by atoms with E-state index in [1.54, 1.807) is 16.2 Å². The highest BCUT2D eigenvalue weighted by atomic mass is 32.1. The predicted molar refractivity (Wildman–Crippen MR) is 129 cm³/mol. The monoisotopic (exact) mass is 457 g/mol. The highest BCUT2D eigenvalue weighted by molar-refractivity contribution is 7.10. The Hall–Kier alpha value is -2.54. The van der Waals surface area contributed by atoms with Crippen LogP contribution < -0.4 is 10.1 Å². The Bertz CT molecular complexity index is 870. The van der Waals surface area contributed by atoms with Crippen molar-refractivity contribution in [3.05, 3.63) is 52.2 Å². The largest absolute Gasteiger partial charge is 0.491 e. The Balaban J connectivity index is 1.74. The van der Waals surface area contributed by atoms with Gasteiger partial charge in [-0.3, -0.25) is 4.79 Å². The highest BCUT2D eigenvalue weighted by Crippen LogP contribution is 2.34. The van der Waals surface area contributed by atoms with E-state index in [9.17, 15) is 9.59 Å². The molecule has 1 aliphatic rings. The number of fused-ring (bicyclic) bond motifs is 1. The van der Waals surface area contributed by atoms with E-state index in [2.05, 4.69) is 30.6 Å². The fourth-order valence-electron chi connectivity index (χ4n) is 3.89. The van der Waals surface area contributed by atoms with Gasteiger partial charge in [-0.05, 0) is 47.9 Å². The van der Waals surface area contributed by atoms with Crippen LogP contribution in [0.3, 0.4) is 0 Å². The van der Waals surface area contributed by atoms with Gasteiger partial charge in [0, 0.05) is 24.5 Å². The third kappa shape index (κ3) is 6.25. The number of rotatable bonds is 10. The number of nitrogens with zero attached hydrogens (tertiary/aromatic N) is 2. The first-order valence-electron chi connectivity index (χ1n) is 11.6. The van der Waals surface area contributed by atoms with Crippen LogP contribution in [0.1, 0.15) is 50.1 Å². The summed E-state index contributed by atoms with van der Waals surface area (Å²) in [6, 6.07) is 11.5. The lowest BCUT2D eigenvalue weighted by molar-refractivity contribution is -0.135. The zero-order chi connectivity index (χ0) is 22.9. The number of hydrogen-bond donors (Lipinski definition) is 1. The second-order valence-electron chi connectivity index (χ2n) is 8.40. The quantitative estimate of drug-likeness (QED) is 0.562. The molecule has 0 aliphatic carbocycles. The SMILES string of the molecule is CCCNC(=O)N(CC(=O)N1CCc2sccc2[C@H]1COc1ccccc1)C[C@@H](C)CC. The molecule has 3 amide bonds. The van der Waals surface area contributed by atoms with E-state index in [4.69, 9.17) is 4.74 Å². The summed E-state index contributed by atoms with van der Waals surface area (Å²) in [5.41, 5.74) is 1.16. The van der Waals surface area contributed by atoms with Crippen molar-refractivity contribution in [2.45, 2.75) is 46.1 Å². The van der Waals surface area contributed by atoms with Gasteiger partial charge in [-0.1, -0.05) is 45.4 Å². The summed E-state index contributed by atoms with van der Waals surface area (Å²) in [5, 5.41) is 5.02. The Morgan fingerprint density at radius 1 is 1.25 bits per heavy atom. The zero-order valence-corrected chi connectivity index (χ0v) is 20.2. The summed E-state index contributed by atoms with van der Waals surface area (Å²) >= 11 is 1.74. The van der Waals surface area contributed by atoms with Crippen LogP contribution in [0.15, 0.2) is 41.8 Å². The van der Waals surface area contributed by atoms with Gasteiger partial charge in [-0.15, -0.1) is 11.3 Å². The van der Waals surface area contributed by atoms with E-state index in [0.717, 1.165) is 30.6 Å². The summed E-state index contributed by atoms with van der Waals surface area (Å²) < 4.78 is 6.06. The van der Waals surface area contributed by atoms with Crippen LogP contribution in [0.4, 0.5) is 4.79 Å². The second kappa shape index (κ2) is 11.9. The van der Waals surface area contributed by atoms with Crippen molar-refractivity contribution in [2.24, 2.45) is 5.92 Å². The van der Waals surface area contributed by atoms with Crippen molar-refractivity contribution in [2.75, 3.05) is 32.8 Å². The number of carbonyl (C=O) groups is 2. The summed E-state index contributed by atoms with van der Waals surface area (Å²) in [6.45, 7) is 8.54.